The van der Waals surface area contributed by atoms with E-state index in [0.717, 1.165) is 7.05 Å². The number of hydroxylamine groups is 2. The number of carbonyl (C=O) groups excluding carboxylic acids is 2. The van der Waals surface area contributed by atoms with Gasteiger partial charge in [0, 0.05) is 48.3 Å². The predicted octanol–water partition coefficient (Wildman–Crippen LogP) is 0.744. The summed E-state index contributed by atoms with van der Waals surface area (Å²) in [5.74, 6) is 29.4. The fourth-order valence-corrected chi connectivity index (χ4v) is 1.39. The first-order valence-electron chi connectivity index (χ1n) is 8.05. The lowest BCUT2D eigenvalue weighted by Gasteiger charge is -2.12. The van der Waals surface area contributed by atoms with E-state index >= 15 is 0 Å². The molecule has 0 aliphatic rings. The minimum atomic E-state index is -0.906. The molecule has 4 N–H and O–H groups in total. The Balaban J connectivity index is 2.45. The zero-order valence-corrected chi connectivity index (χ0v) is 16.0. The van der Waals surface area contributed by atoms with E-state index in [1.54, 1.807) is 24.3 Å². The van der Waals surface area contributed by atoms with Gasteiger partial charge in [-0.25, -0.2) is 25.5 Å². The lowest BCUT2D eigenvalue weighted by Crippen LogP contribution is -2.48. The fourth-order valence-electron chi connectivity index (χ4n) is 1.39. The Bertz CT molecular complexity index is 1240. The summed E-state index contributed by atoms with van der Waals surface area (Å²) in [5, 5.41) is 11.6. The van der Waals surface area contributed by atoms with Crippen molar-refractivity contribution in [1.29, 1.82) is 0 Å². The number of amides is 4. The highest BCUT2D eigenvalue weighted by Gasteiger charge is 2.06. The number of carbonyl (C=O) groups is 2. The van der Waals surface area contributed by atoms with E-state index in [9.17, 15) is 9.59 Å². The van der Waals surface area contributed by atoms with E-state index in [0.29, 0.717) is 11.4 Å². The second-order valence-corrected chi connectivity index (χ2v) is 4.78. The lowest BCUT2D eigenvalue weighted by atomic mass is 10.3. The van der Waals surface area contributed by atoms with Gasteiger partial charge >= 0.3 is 12.1 Å². The van der Waals surface area contributed by atoms with Gasteiger partial charge in [0.15, 0.2) is 0 Å². The number of nitrogens with zero attached hydrogens (tertiary/aromatic N) is 1. The molecule has 0 bridgehead atoms. The lowest BCUT2D eigenvalue weighted by molar-refractivity contribution is -0.0191. The summed E-state index contributed by atoms with van der Waals surface area (Å²) < 4.78 is 5.16. The normalized spacial score (nSPS) is 7.00. The second kappa shape index (κ2) is 14.5. The third-order valence-corrected chi connectivity index (χ3v) is 2.61. The highest BCUT2D eigenvalue weighted by atomic mass is 16.5. The number of hydrogen-bond acceptors (Lipinski definition) is 4. The number of terminal acetylenes is 1. The third-order valence-electron chi connectivity index (χ3n) is 2.61. The molecule has 148 valence electrons. The highest BCUT2D eigenvalue weighted by molar-refractivity contribution is 5.90. The van der Waals surface area contributed by atoms with Gasteiger partial charge in [0.1, 0.15) is 11.9 Å². The minimum Gasteiger partial charge on any atom is -0.407 e. The van der Waals surface area contributed by atoms with Crippen LogP contribution in [0.25, 0.3) is 0 Å². The summed E-state index contributed by atoms with van der Waals surface area (Å²) >= 11 is 0. The van der Waals surface area contributed by atoms with Gasteiger partial charge in [0.05, 0.1) is 0 Å². The molecule has 0 aliphatic carbocycles. The van der Waals surface area contributed by atoms with Crippen molar-refractivity contribution in [2.75, 3.05) is 12.4 Å². The quantitative estimate of drug-likeness (QED) is 0.329. The van der Waals surface area contributed by atoms with Crippen LogP contribution in [-0.2, 0) is 0 Å². The molecule has 0 aliphatic heterocycles. The van der Waals surface area contributed by atoms with Crippen LogP contribution in [0, 0.1) is 83.6 Å². The number of hydrogen-bond donors (Lipinski definition) is 4. The van der Waals surface area contributed by atoms with Crippen LogP contribution in [0.1, 0.15) is 0 Å². The number of urea groups is 2. The van der Waals surface area contributed by atoms with Crippen molar-refractivity contribution >= 4 is 17.7 Å². The Kier molecular flexibility index (Phi) is 11.0. The molecule has 4 amide bonds. The van der Waals surface area contributed by atoms with Crippen molar-refractivity contribution in [3.8, 4) is 89.3 Å². The van der Waals surface area contributed by atoms with Crippen LogP contribution in [0.3, 0.4) is 0 Å². The molecule has 0 saturated heterocycles. The summed E-state index contributed by atoms with van der Waals surface area (Å²) in [6.45, 7) is 0. The van der Waals surface area contributed by atoms with Gasteiger partial charge in [0.25, 0.3) is 0 Å². The maximum atomic E-state index is 11.6. The van der Waals surface area contributed by atoms with Gasteiger partial charge < -0.3 is 10.1 Å². The third kappa shape index (κ3) is 11.7. The monoisotopic (exact) mass is 408 g/mol. The standard InChI is InChI=1S/C23H12N4O4/c1-3-4-5-6-7-8-9-10-11-12-13-14-19-31-21-17-15-20(16-18-21)24-22(28)25-26-23(29)27(2)30/h1,15-18,30H,2H3,(H,26,29)(H2,24,25,28). The molecule has 0 atom stereocenters. The predicted molar refractivity (Wildman–Crippen MR) is 113 cm³/mol. The van der Waals surface area contributed by atoms with Crippen LogP contribution >= 0.6 is 0 Å². The molecule has 0 spiro atoms. The maximum Gasteiger partial charge on any atom is 0.359 e. The molecule has 0 heterocycles. The van der Waals surface area contributed by atoms with Crippen molar-refractivity contribution in [3.63, 3.8) is 0 Å². The fraction of sp³-hybridized carbons (Fsp3) is 0.0435. The SMILES string of the molecule is C#CC#CC#CC#CC#CC#CC#COc1ccc(NC(=O)NNC(=O)N(C)O)cc1. The summed E-state index contributed by atoms with van der Waals surface area (Å²) in [6, 6.07) is 4.59. The molecule has 0 fully saturated rings. The zero-order valence-electron chi connectivity index (χ0n) is 16.0. The van der Waals surface area contributed by atoms with Gasteiger partial charge in [-0.05, 0) is 59.8 Å². The summed E-state index contributed by atoms with van der Waals surface area (Å²) in [4.78, 5) is 22.7. The van der Waals surface area contributed by atoms with Crippen LogP contribution in [-0.4, -0.2) is 29.4 Å². The van der Waals surface area contributed by atoms with E-state index in [1.807, 2.05) is 10.9 Å². The Labute approximate surface area is 179 Å². The molecule has 1 aromatic rings. The van der Waals surface area contributed by atoms with E-state index < -0.39 is 12.1 Å². The van der Waals surface area contributed by atoms with Crippen molar-refractivity contribution in [2.45, 2.75) is 0 Å². The van der Waals surface area contributed by atoms with Crippen molar-refractivity contribution in [1.82, 2.24) is 15.9 Å². The Morgan fingerprint density at radius 2 is 1.39 bits per heavy atom. The first kappa shape index (κ1) is 23.5. The second-order valence-electron chi connectivity index (χ2n) is 4.78. The van der Waals surface area contributed by atoms with E-state index in [1.165, 1.54) is 0 Å². The maximum absolute atomic E-state index is 11.6. The van der Waals surface area contributed by atoms with E-state index in [2.05, 4.69) is 82.5 Å². The summed E-state index contributed by atoms with van der Waals surface area (Å²) in [5.41, 5.74) is 4.44. The number of rotatable bonds is 2. The molecule has 8 nitrogen and oxygen atoms in total. The Morgan fingerprint density at radius 1 is 0.871 bits per heavy atom. The largest absolute Gasteiger partial charge is 0.407 e. The number of ether oxygens (including phenoxy) is 1. The van der Waals surface area contributed by atoms with Crippen LogP contribution in [0.15, 0.2) is 24.3 Å². The van der Waals surface area contributed by atoms with Crippen molar-refractivity contribution < 1.29 is 19.5 Å². The average Bonchev–Trinajstić information content (AvgIpc) is 2.76. The summed E-state index contributed by atoms with van der Waals surface area (Å²) in [7, 11) is 1.10. The van der Waals surface area contributed by atoms with E-state index in [-0.39, 0.29) is 5.06 Å². The molecule has 0 radical (unpaired) electrons. The molecular formula is C23H12N4O4. The number of anilines is 1. The molecule has 1 aromatic carbocycles. The Hall–Kier alpha value is -5.56. The van der Waals surface area contributed by atoms with Crippen LogP contribution in [0.5, 0.6) is 5.75 Å². The smallest absolute Gasteiger partial charge is 0.359 e. The highest BCUT2D eigenvalue weighted by Crippen LogP contribution is 2.15. The van der Waals surface area contributed by atoms with Crippen LogP contribution < -0.4 is 20.9 Å². The van der Waals surface area contributed by atoms with Gasteiger partial charge in [-0.15, -0.1) is 6.42 Å². The van der Waals surface area contributed by atoms with Gasteiger partial charge in [0.2, 0.25) is 0 Å². The molecule has 1 rings (SSSR count). The first-order chi connectivity index (χ1) is 15.0. The minimum absolute atomic E-state index is 0.273. The van der Waals surface area contributed by atoms with Gasteiger partial charge in [-0.2, -0.15) is 0 Å². The number of benzene rings is 1. The summed E-state index contributed by atoms with van der Waals surface area (Å²) in [6.07, 6.45) is 7.30. The first-order valence-corrected chi connectivity index (χ1v) is 8.05. The van der Waals surface area contributed by atoms with Crippen molar-refractivity contribution in [2.24, 2.45) is 0 Å². The Morgan fingerprint density at radius 3 is 1.90 bits per heavy atom. The number of hydrazine groups is 1. The molecule has 31 heavy (non-hydrogen) atoms. The number of nitrogens with one attached hydrogen (secondary N) is 3. The molecule has 0 unspecified atom stereocenters. The van der Waals surface area contributed by atoms with Crippen LogP contribution in [0.4, 0.5) is 15.3 Å². The van der Waals surface area contributed by atoms with Crippen molar-refractivity contribution in [3.05, 3.63) is 24.3 Å². The van der Waals surface area contributed by atoms with Crippen LogP contribution in [0.2, 0.25) is 0 Å². The average molecular weight is 408 g/mol. The molecule has 8 heteroatoms. The molecule has 0 aromatic heterocycles. The zero-order chi connectivity index (χ0) is 22.7. The van der Waals surface area contributed by atoms with Gasteiger partial charge in [-0.1, -0.05) is 0 Å². The molecular weight excluding hydrogens is 396 g/mol. The van der Waals surface area contributed by atoms with Gasteiger partial charge in [-0.3, -0.25) is 5.21 Å². The topological polar surface area (TPSA) is 103 Å². The molecule has 0 saturated carbocycles. The van der Waals surface area contributed by atoms with E-state index in [4.69, 9.17) is 16.4 Å².